The molecule has 0 bridgehead atoms. The van der Waals surface area contributed by atoms with Gasteiger partial charge >= 0.3 is 0 Å². The van der Waals surface area contributed by atoms with Crippen LogP contribution >= 0.6 is 23.1 Å². The Labute approximate surface area is 138 Å². The number of hydrogen-bond donors (Lipinski definition) is 1. The van der Waals surface area contributed by atoms with Gasteiger partial charge in [0.2, 0.25) is 5.91 Å². The summed E-state index contributed by atoms with van der Waals surface area (Å²) < 4.78 is 0.851. The third kappa shape index (κ3) is 3.50. The molecule has 22 heavy (non-hydrogen) atoms. The highest BCUT2D eigenvalue weighted by Gasteiger charge is 2.24. The fourth-order valence-corrected chi connectivity index (χ4v) is 4.69. The number of aryl methyl sites for hydroxylation is 2. The van der Waals surface area contributed by atoms with E-state index in [0.29, 0.717) is 0 Å². The van der Waals surface area contributed by atoms with Gasteiger partial charge in [0.15, 0.2) is 4.34 Å². The number of fused-ring (bicyclic) bond motifs is 1. The van der Waals surface area contributed by atoms with E-state index in [9.17, 15) is 4.79 Å². The van der Waals surface area contributed by atoms with Gasteiger partial charge in [-0.15, -0.1) is 10.2 Å². The van der Waals surface area contributed by atoms with Crippen molar-refractivity contribution in [2.45, 2.75) is 48.7 Å². The van der Waals surface area contributed by atoms with Crippen molar-refractivity contribution < 1.29 is 4.79 Å². The summed E-state index contributed by atoms with van der Waals surface area (Å²) in [7, 11) is 0. The molecule has 2 atom stereocenters. The van der Waals surface area contributed by atoms with E-state index in [4.69, 9.17) is 0 Å². The minimum Gasteiger partial charge on any atom is -0.348 e. The fourth-order valence-electron chi connectivity index (χ4n) is 2.72. The van der Waals surface area contributed by atoms with Crippen molar-refractivity contribution in [3.8, 4) is 0 Å². The van der Waals surface area contributed by atoms with Crippen LogP contribution in [-0.4, -0.2) is 21.4 Å². The van der Waals surface area contributed by atoms with Crippen molar-refractivity contribution in [2.75, 3.05) is 0 Å². The molecule has 1 aliphatic rings. The number of carbonyl (C=O) groups excluding carboxylic acids is 1. The summed E-state index contributed by atoms with van der Waals surface area (Å²) in [6, 6.07) is 8.54. The Morgan fingerprint density at radius 1 is 1.41 bits per heavy atom. The Hall–Kier alpha value is -1.40. The maximum Gasteiger partial charge on any atom is 0.233 e. The number of amides is 1. The summed E-state index contributed by atoms with van der Waals surface area (Å²) in [6.07, 6.45) is 3.24. The molecule has 0 unspecified atom stereocenters. The van der Waals surface area contributed by atoms with E-state index in [-0.39, 0.29) is 17.2 Å². The van der Waals surface area contributed by atoms with Crippen molar-refractivity contribution in [3.05, 3.63) is 40.4 Å². The standard InChI is InChI=1S/C16H19N3OS2/c1-10(21-16-19-18-11(2)22-16)15(20)17-14-9-5-7-12-6-3-4-8-13(12)14/h3-4,6,8,10,14H,5,7,9H2,1-2H3,(H,17,20)/t10-,14+/m0/s1. The van der Waals surface area contributed by atoms with E-state index in [1.807, 2.05) is 19.9 Å². The highest BCUT2D eigenvalue weighted by Crippen LogP contribution is 2.31. The Bertz CT molecular complexity index is 671. The predicted molar refractivity (Wildman–Crippen MR) is 90.2 cm³/mol. The predicted octanol–water partition coefficient (Wildman–Crippen LogP) is 3.52. The third-order valence-electron chi connectivity index (χ3n) is 3.84. The van der Waals surface area contributed by atoms with Crippen molar-refractivity contribution in [2.24, 2.45) is 0 Å². The molecule has 1 aromatic heterocycles. The number of nitrogens with one attached hydrogen (secondary N) is 1. The van der Waals surface area contributed by atoms with Crippen molar-refractivity contribution in [1.82, 2.24) is 15.5 Å². The number of aromatic nitrogens is 2. The maximum atomic E-state index is 12.5. The number of thioether (sulfide) groups is 1. The second-order valence-electron chi connectivity index (χ2n) is 5.50. The van der Waals surface area contributed by atoms with E-state index in [1.54, 1.807) is 0 Å². The SMILES string of the molecule is Cc1nnc(S[C@@H](C)C(=O)N[C@@H]2CCCc3ccccc32)s1. The van der Waals surface area contributed by atoms with Crippen LogP contribution in [0, 0.1) is 6.92 Å². The molecule has 0 aliphatic heterocycles. The summed E-state index contributed by atoms with van der Waals surface area (Å²) in [5.41, 5.74) is 2.63. The van der Waals surface area contributed by atoms with Crippen LogP contribution in [0.5, 0.6) is 0 Å². The van der Waals surface area contributed by atoms with Crippen molar-refractivity contribution in [1.29, 1.82) is 0 Å². The smallest absolute Gasteiger partial charge is 0.233 e. The lowest BCUT2D eigenvalue weighted by Gasteiger charge is -2.27. The number of benzene rings is 1. The normalized spacial score (nSPS) is 18.5. The zero-order valence-electron chi connectivity index (χ0n) is 12.7. The molecule has 1 N–H and O–H groups in total. The monoisotopic (exact) mass is 333 g/mol. The Kier molecular flexibility index (Phi) is 4.78. The maximum absolute atomic E-state index is 12.5. The van der Waals surface area contributed by atoms with Crippen LogP contribution in [0.1, 0.15) is 41.9 Å². The molecule has 0 radical (unpaired) electrons. The molecule has 0 saturated heterocycles. The molecule has 1 aliphatic carbocycles. The summed E-state index contributed by atoms with van der Waals surface area (Å²) in [6.45, 7) is 3.84. The van der Waals surface area contributed by atoms with Crippen molar-refractivity contribution in [3.63, 3.8) is 0 Å². The highest BCUT2D eigenvalue weighted by molar-refractivity contribution is 8.02. The van der Waals surface area contributed by atoms with Crippen LogP contribution in [0.25, 0.3) is 0 Å². The first-order chi connectivity index (χ1) is 10.6. The molecule has 4 nitrogen and oxygen atoms in total. The van der Waals surface area contributed by atoms with Gasteiger partial charge in [0.05, 0.1) is 11.3 Å². The van der Waals surface area contributed by atoms with E-state index >= 15 is 0 Å². The molecule has 2 aromatic rings. The summed E-state index contributed by atoms with van der Waals surface area (Å²) in [4.78, 5) is 12.5. The molecule has 6 heteroatoms. The second kappa shape index (κ2) is 6.79. The van der Waals surface area contributed by atoms with Gasteiger partial charge in [0.25, 0.3) is 0 Å². The van der Waals surface area contributed by atoms with Gasteiger partial charge < -0.3 is 5.32 Å². The van der Waals surface area contributed by atoms with E-state index < -0.39 is 0 Å². The average molecular weight is 333 g/mol. The van der Waals surface area contributed by atoms with Gasteiger partial charge in [-0.3, -0.25) is 4.79 Å². The molecule has 3 rings (SSSR count). The molecule has 0 fully saturated rings. The lowest BCUT2D eigenvalue weighted by Crippen LogP contribution is -2.35. The highest BCUT2D eigenvalue weighted by atomic mass is 32.2. The number of carbonyl (C=O) groups is 1. The molecule has 116 valence electrons. The molecule has 1 aromatic carbocycles. The molecular formula is C16H19N3OS2. The van der Waals surface area contributed by atoms with Gasteiger partial charge in [-0.05, 0) is 44.2 Å². The van der Waals surface area contributed by atoms with Crippen LogP contribution in [0.15, 0.2) is 28.6 Å². The number of hydrogen-bond acceptors (Lipinski definition) is 5. The zero-order valence-corrected chi connectivity index (χ0v) is 14.3. The van der Waals surface area contributed by atoms with Crippen LogP contribution < -0.4 is 5.32 Å². The van der Waals surface area contributed by atoms with Gasteiger partial charge in [0.1, 0.15) is 5.01 Å². The molecule has 0 spiro atoms. The van der Waals surface area contributed by atoms with E-state index in [1.165, 1.54) is 34.2 Å². The molecular weight excluding hydrogens is 314 g/mol. The molecule has 1 heterocycles. The van der Waals surface area contributed by atoms with Crippen LogP contribution in [0.4, 0.5) is 0 Å². The lowest BCUT2D eigenvalue weighted by atomic mass is 9.88. The Morgan fingerprint density at radius 3 is 3.00 bits per heavy atom. The minimum atomic E-state index is -0.165. The van der Waals surface area contributed by atoms with Crippen LogP contribution in [0.2, 0.25) is 0 Å². The third-order valence-corrected chi connectivity index (χ3v) is 5.86. The summed E-state index contributed by atoms with van der Waals surface area (Å²) in [5, 5.41) is 12.0. The largest absolute Gasteiger partial charge is 0.348 e. The topological polar surface area (TPSA) is 54.9 Å². The van der Waals surface area contributed by atoms with Crippen molar-refractivity contribution >= 4 is 29.0 Å². The first-order valence-corrected chi connectivity index (χ1v) is 9.18. The molecule has 0 saturated carbocycles. The van der Waals surface area contributed by atoms with E-state index in [0.717, 1.165) is 28.6 Å². The zero-order chi connectivity index (χ0) is 15.5. The number of nitrogens with zero attached hydrogens (tertiary/aromatic N) is 2. The first kappa shape index (κ1) is 15.5. The van der Waals surface area contributed by atoms with Gasteiger partial charge in [-0.25, -0.2) is 0 Å². The van der Waals surface area contributed by atoms with E-state index in [2.05, 4.69) is 33.7 Å². The first-order valence-electron chi connectivity index (χ1n) is 7.48. The minimum absolute atomic E-state index is 0.0690. The molecule has 1 amide bonds. The Morgan fingerprint density at radius 2 is 2.23 bits per heavy atom. The quantitative estimate of drug-likeness (QED) is 0.870. The van der Waals surface area contributed by atoms with Gasteiger partial charge in [-0.1, -0.05) is 47.4 Å². The second-order valence-corrected chi connectivity index (χ2v) is 8.27. The fraction of sp³-hybridized carbons (Fsp3) is 0.438. The Balaban J connectivity index is 1.64. The summed E-state index contributed by atoms with van der Waals surface area (Å²) >= 11 is 3.00. The van der Waals surface area contributed by atoms with Gasteiger partial charge in [-0.2, -0.15) is 0 Å². The van der Waals surface area contributed by atoms with Gasteiger partial charge in [0, 0.05) is 0 Å². The lowest BCUT2D eigenvalue weighted by molar-refractivity contribution is -0.121. The summed E-state index contributed by atoms with van der Waals surface area (Å²) in [5.74, 6) is 0.0690. The van der Waals surface area contributed by atoms with Crippen LogP contribution in [-0.2, 0) is 11.2 Å². The number of rotatable bonds is 4. The van der Waals surface area contributed by atoms with Crippen LogP contribution in [0.3, 0.4) is 0 Å². The average Bonchev–Trinajstić information content (AvgIpc) is 2.92.